The second-order valence-electron chi connectivity index (χ2n) is 8.64. The molecule has 0 N–H and O–H groups in total. The van der Waals surface area contributed by atoms with E-state index in [1.54, 1.807) is 17.6 Å². The lowest BCUT2D eigenvalue weighted by atomic mass is 10.1. The van der Waals surface area contributed by atoms with E-state index in [9.17, 15) is 4.79 Å². The van der Waals surface area contributed by atoms with Gasteiger partial charge in [-0.3, -0.25) is 4.57 Å². The monoisotopic (exact) mass is 505 g/mol. The Labute approximate surface area is 222 Å². The Morgan fingerprint density at radius 3 is 2.11 bits per heavy atom. The molecular weight excluding hydrogens is 474 g/mol. The van der Waals surface area contributed by atoms with Crippen LogP contribution in [-0.4, -0.2) is 23.7 Å². The number of ether oxygens (including phenoxy) is 1. The topological polar surface area (TPSA) is 60.0 Å². The zero-order valence-electron chi connectivity index (χ0n) is 21.5. The molecule has 4 aromatic rings. The predicted molar refractivity (Wildman–Crippen MR) is 153 cm³/mol. The minimum Gasteiger partial charge on any atom is -0.460 e. The molecule has 0 aliphatic rings. The lowest BCUT2D eigenvalue weighted by molar-refractivity contribution is -0.139. The van der Waals surface area contributed by atoms with Crippen LogP contribution in [0.3, 0.4) is 0 Å². The first-order valence-corrected chi connectivity index (χ1v) is 12.3. The Balaban J connectivity index is 1.66. The summed E-state index contributed by atoms with van der Waals surface area (Å²) in [4.78, 5) is 18.4. The lowest BCUT2D eigenvalue weighted by Gasteiger charge is -2.25. The van der Waals surface area contributed by atoms with Gasteiger partial charge in [0.05, 0.1) is 18.4 Å². The molecule has 0 bridgehead atoms. The van der Waals surface area contributed by atoms with Gasteiger partial charge in [-0.15, -0.1) is 6.58 Å². The molecule has 192 valence electrons. The molecule has 0 unspecified atom stereocenters. The van der Waals surface area contributed by atoms with Gasteiger partial charge in [0.25, 0.3) is 5.68 Å². The highest BCUT2D eigenvalue weighted by Crippen LogP contribution is 2.34. The molecule has 1 aromatic heterocycles. The molecule has 4 rings (SSSR count). The Hall–Kier alpha value is -4.84. The van der Waals surface area contributed by atoms with Crippen LogP contribution < -0.4 is 21.3 Å². The molecule has 0 aliphatic carbocycles. The average Bonchev–Trinajstić information content (AvgIpc) is 3.23. The third-order valence-electron chi connectivity index (χ3n) is 5.77. The number of hydrogen-bond acceptors (Lipinski definition) is 5. The molecule has 0 saturated carbocycles. The van der Waals surface area contributed by atoms with Gasteiger partial charge in [-0.2, -0.15) is 0 Å². The van der Waals surface area contributed by atoms with Crippen LogP contribution in [0.4, 0.5) is 17.1 Å². The Morgan fingerprint density at radius 2 is 1.55 bits per heavy atom. The summed E-state index contributed by atoms with van der Waals surface area (Å²) < 4.78 is 13.1. The van der Waals surface area contributed by atoms with Crippen molar-refractivity contribution in [1.82, 2.24) is 4.57 Å². The Bertz CT molecular complexity index is 1540. The Morgan fingerprint density at radius 1 is 0.974 bits per heavy atom. The number of hydrogen-bond donors (Lipinski definition) is 0. The summed E-state index contributed by atoms with van der Waals surface area (Å²) in [5.41, 5.74) is 5.45. The van der Waals surface area contributed by atoms with Crippen molar-refractivity contribution >= 4 is 35.7 Å². The first-order valence-electron chi connectivity index (χ1n) is 12.3. The van der Waals surface area contributed by atoms with Crippen molar-refractivity contribution in [3.63, 3.8) is 0 Å². The van der Waals surface area contributed by atoms with Crippen molar-refractivity contribution in [2.75, 3.05) is 18.1 Å². The maximum atomic E-state index is 11.8. The van der Waals surface area contributed by atoms with Gasteiger partial charge in [-0.25, -0.2) is 9.79 Å². The number of carbonyl (C=O) groups is 1. The number of rotatable bonds is 10. The molecule has 0 radical (unpaired) electrons. The molecule has 0 saturated heterocycles. The number of nitrogens with zero attached hydrogens (tertiary/aromatic N) is 3. The van der Waals surface area contributed by atoms with E-state index < -0.39 is 5.97 Å². The van der Waals surface area contributed by atoms with Crippen molar-refractivity contribution in [3.8, 4) is 0 Å². The maximum absolute atomic E-state index is 11.8. The molecule has 6 heteroatoms. The van der Waals surface area contributed by atoms with Crippen molar-refractivity contribution < 1.29 is 13.9 Å². The molecule has 0 amide bonds. The highest BCUT2D eigenvalue weighted by Gasteiger charge is 2.12. The molecule has 0 atom stereocenters. The van der Waals surface area contributed by atoms with Crippen molar-refractivity contribution in [2.45, 2.75) is 13.5 Å². The SMILES string of the molecule is C=CCN=c1o/c(=C/c2ccc(N(c3ccccc3)c3ccccc3)cc2)c(=C)n1CCOC(=O)C(=C)C. The summed E-state index contributed by atoms with van der Waals surface area (Å²) in [7, 11) is 0. The van der Waals surface area contributed by atoms with E-state index in [1.165, 1.54) is 0 Å². The van der Waals surface area contributed by atoms with Crippen molar-refractivity contribution in [3.05, 3.63) is 132 Å². The Kier molecular flexibility index (Phi) is 8.57. The van der Waals surface area contributed by atoms with Gasteiger partial charge in [0.1, 0.15) is 6.61 Å². The number of benzene rings is 3. The molecule has 3 aromatic carbocycles. The predicted octanol–water partition coefficient (Wildman–Crippen LogP) is 5.00. The first kappa shape index (κ1) is 26.2. The molecule has 38 heavy (non-hydrogen) atoms. The highest BCUT2D eigenvalue weighted by atomic mass is 16.5. The fourth-order valence-electron chi connectivity index (χ4n) is 3.89. The maximum Gasteiger partial charge on any atom is 0.333 e. The van der Waals surface area contributed by atoms with E-state index >= 15 is 0 Å². The molecule has 1 heterocycles. The van der Waals surface area contributed by atoms with Gasteiger partial charge in [0.15, 0.2) is 5.42 Å². The highest BCUT2D eigenvalue weighted by molar-refractivity contribution is 5.86. The number of esters is 1. The molecule has 0 spiro atoms. The van der Waals surface area contributed by atoms with Crippen LogP contribution in [0.1, 0.15) is 12.5 Å². The second-order valence-corrected chi connectivity index (χ2v) is 8.64. The number of para-hydroxylation sites is 2. The molecule has 0 aliphatic heterocycles. The van der Waals surface area contributed by atoms with Crippen molar-refractivity contribution in [2.24, 2.45) is 4.99 Å². The van der Waals surface area contributed by atoms with Gasteiger partial charge in [0.2, 0.25) is 0 Å². The minimum absolute atomic E-state index is 0.151. The number of carbonyl (C=O) groups excluding carboxylic acids is 1. The second kappa shape index (κ2) is 12.4. The lowest BCUT2D eigenvalue weighted by Crippen LogP contribution is -2.33. The minimum atomic E-state index is -0.434. The first-order chi connectivity index (χ1) is 18.5. The van der Waals surface area contributed by atoms with E-state index in [0.29, 0.717) is 35.1 Å². The van der Waals surface area contributed by atoms with E-state index in [1.807, 2.05) is 54.6 Å². The molecule has 6 nitrogen and oxygen atoms in total. The van der Waals surface area contributed by atoms with Gasteiger partial charge < -0.3 is 14.1 Å². The van der Waals surface area contributed by atoms with E-state index in [2.05, 4.69) is 66.0 Å². The van der Waals surface area contributed by atoms with Gasteiger partial charge in [-0.05, 0) is 55.0 Å². The summed E-state index contributed by atoms with van der Waals surface area (Å²) >= 11 is 0. The van der Waals surface area contributed by atoms with Crippen LogP contribution in [-0.2, 0) is 16.1 Å². The van der Waals surface area contributed by atoms with E-state index in [-0.39, 0.29) is 6.61 Å². The zero-order chi connectivity index (χ0) is 26.9. The third kappa shape index (κ3) is 6.28. The van der Waals surface area contributed by atoms with Gasteiger partial charge >= 0.3 is 5.97 Å². The largest absolute Gasteiger partial charge is 0.460 e. The quantitative estimate of drug-likeness (QED) is 0.173. The molecular formula is C32H31N3O3. The standard InChI is InChI=1S/C32H31N3O3/c1-5-20-33-32-34(21-22-37-31(36)24(2)3)25(4)30(38-32)23-26-16-18-29(19-17-26)35(27-12-8-6-9-13-27)28-14-10-7-11-15-28/h5-19,23H,1-2,4,20-22H2,3H3/b30-23+,33-32?. The van der Waals surface area contributed by atoms with E-state index in [4.69, 9.17) is 9.15 Å². The molecule has 0 fully saturated rings. The average molecular weight is 506 g/mol. The summed E-state index contributed by atoms with van der Waals surface area (Å²) in [6.45, 7) is 14.0. The van der Waals surface area contributed by atoms with Gasteiger partial charge in [-0.1, -0.05) is 67.8 Å². The van der Waals surface area contributed by atoms with Crippen LogP contribution in [0.2, 0.25) is 0 Å². The summed E-state index contributed by atoms with van der Waals surface area (Å²) in [6.07, 6.45) is 3.61. The summed E-state index contributed by atoms with van der Waals surface area (Å²) in [5.74, 6) is -0.434. The smallest absolute Gasteiger partial charge is 0.333 e. The number of aromatic nitrogens is 1. The number of anilines is 3. The fraction of sp³-hybridized carbons (Fsp3) is 0.125. The summed E-state index contributed by atoms with van der Waals surface area (Å²) in [5, 5.41) is 0.637. The van der Waals surface area contributed by atoms with Crippen molar-refractivity contribution in [1.29, 1.82) is 0 Å². The summed E-state index contributed by atoms with van der Waals surface area (Å²) in [6, 6.07) is 28.7. The number of oxazole rings is 1. The van der Waals surface area contributed by atoms with Gasteiger partial charge in [0, 0.05) is 22.6 Å². The van der Waals surface area contributed by atoms with Crippen LogP contribution >= 0.6 is 0 Å². The zero-order valence-corrected chi connectivity index (χ0v) is 21.5. The van der Waals surface area contributed by atoms with Crippen LogP contribution in [0, 0.1) is 0 Å². The van der Waals surface area contributed by atoms with E-state index in [0.717, 1.165) is 22.6 Å². The van der Waals surface area contributed by atoms with Crippen LogP contribution in [0.15, 0.2) is 119 Å². The fourth-order valence-corrected chi connectivity index (χ4v) is 3.89. The third-order valence-corrected chi connectivity index (χ3v) is 5.77. The van der Waals surface area contributed by atoms with Crippen LogP contribution in [0.5, 0.6) is 0 Å². The normalized spacial score (nSPS) is 11.8. The van der Waals surface area contributed by atoms with Crippen LogP contribution in [0.25, 0.3) is 12.7 Å².